The van der Waals surface area contributed by atoms with Gasteiger partial charge in [-0.1, -0.05) is 0 Å². The lowest BCUT2D eigenvalue weighted by Gasteiger charge is -2.10. The van der Waals surface area contributed by atoms with Crippen LogP contribution in [-0.4, -0.2) is 10.9 Å². The second-order valence-corrected chi connectivity index (χ2v) is 8.28. The SMILES string of the molecule is Cc1csc2nc([C@H](C)NC(=O)c3cc4sccc4s3)oc(=O)c12. The van der Waals surface area contributed by atoms with Gasteiger partial charge in [0, 0.05) is 9.40 Å². The number of hydrogen-bond donors (Lipinski definition) is 1. The van der Waals surface area contributed by atoms with Gasteiger partial charge in [0.2, 0.25) is 5.89 Å². The van der Waals surface area contributed by atoms with Crippen LogP contribution in [0.2, 0.25) is 0 Å². The number of carbonyl (C=O) groups excluding carboxylic acids is 1. The number of thiophene rings is 3. The molecular weight excluding hydrogens is 364 g/mol. The van der Waals surface area contributed by atoms with Crippen molar-refractivity contribution in [1.29, 1.82) is 0 Å². The van der Waals surface area contributed by atoms with E-state index in [1.807, 2.05) is 29.8 Å². The summed E-state index contributed by atoms with van der Waals surface area (Å²) in [7, 11) is 0. The molecule has 122 valence electrons. The third-order valence-corrected chi connectivity index (χ3v) is 6.73. The molecule has 4 rings (SSSR count). The van der Waals surface area contributed by atoms with Gasteiger partial charge in [-0.2, -0.15) is 0 Å². The summed E-state index contributed by atoms with van der Waals surface area (Å²) in [6.45, 7) is 3.61. The van der Waals surface area contributed by atoms with Crippen molar-refractivity contribution in [2.45, 2.75) is 19.9 Å². The van der Waals surface area contributed by atoms with E-state index in [4.69, 9.17) is 4.42 Å². The highest BCUT2D eigenvalue weighted by molar-refractivity contribution is 7.27. The Morgan fingerprint density at radius 2 is 2.17 bits per heavy atom. The fourth-order valence-electron chi connectivity index (χ4n) is 2.42. The van der Waals surface area contributed by atoms with E-state index in [9.17, 15) is 9.59 Å². The molecule has 1 N–H and O–H groups in total. The van der Waals surface area contributed by atoms with Crippen LogP contribution in [0.5, 0.6) is 0 Å². The van der Waals surface area contributed by atoms with E-state index in [2.05, 4.69) is 10.3 Å². The first-order valence-electron chi connectivity index (χ1n) is 7.19. The molecule has 0 spiro atoms. The van der Waals surface area contributed by atoms with Crippen molar-refractivity contribution < 1.29 is 9.21 Å². The largest absolute Gasteiger partial charge is 0.406 e. The molecule has 0 bridgehead atoms. The van der Waals surface area contributed by atoms with Crippen LogP contribution in [0.1, 0.15) is 34.1 Å². The number of nitrogens with one attached hydrogen (secondary N) is 1. The Hall–Kier alpha value is -2.03. The number of aryl methyl sites for hydroxylation is 1. The lowest BCUT2D eigenvalue weighted by molar-refractivity contribution is 0.0937. The van der Waals surface area contributed by atoms with Crippen LogP contribution in [-0.2, 0) is 0 Å². The zero-order valence-corrected chi connectivity index (χ0v) is 15.2. The summed E-state index contributed by atoms with van der Waals surface area (Å²) >= 11 is 4.45. The molecule has 0 saturated carbocycles. The van der Waals surface area contributed by atoms with Crippen LogP contribution >= 0.6 is 34.0 Å². The molecule has 0 unspecified atom stereocenters. The highest BCUT2D eigenvalue weighted by Gasteiger charge is 2.19. The van der Waals surface area contributed by atoms with Crippen molar-refractivity contribution in [3.05, 3.63) is 49.6 Å². The maximum atomic E-state index is 12.4. The van der Waals surface area contributed by atoms with Crippen LogP contribution in [0.4, 0.5) is 0 Å². The van der Waals surface area contributed by atoms with Gasteiger partial charge in [0.15, 0.2) is 0 Å². The van der Waals surface area contributed by atoms with E-state index in [1.165, 1.54) is 22.7 Å². The molecule has 0 fully saturated rings. The summed E-state index contributed by atoms with van der Waals surface area (Å²) < 4.78 is 7.49. The van der Waals surface area contributed by atoms with Gasteiger partial charge in [-0.25, -0.2) is 9.78 Å². The second kappa shape index (κ2) is 5.80. The number of hydrogen-bond acceptors (Lipinski definition) is 7. The first kappa shape index (κ1) is 15.5. The fourth-order valence-corrected chi connectivity index (χ4v) is 5.35. The Morgan fingerprint density at radius 1 is 1.33 bits per heavy atom. The van der Waals surface area contributed by atoms with Crippen molar-refractivity contribution in [3.8, 4) is 0 Å². The molecule has 24 heavy (non-hydrogen) atoms. The summed E-state index contributed by atoms with van der Waals surface area (Å²) in [6.07, 6.45) is 0. The Kier molecular flexibility index (Phi) is 3.75. The van der Waals surface area contributed by atoms with Gasteiger partial charge in [0.05, 0.1) is 10.3 Å². The molecule has 4 heterocycles. The Morgan fingerprint density at radius 3 is 2.96 bits per heavy atom. The topological polar surface area (TPSA) is 72.2 Å². The minimum absolute atomic E-state index is 0.192. The van der Waals surface area contributed by atoms with E-state index in [0.717, 1.165) is 15.0 Å². The maximum Gasteiger partial charge on any atom is 0.348 e. The van der Waals surface area contributed by atoms with Crippen molar-refractivity contribution in [2.24, 2.45) is 0 Å². The maximum absolute atomic E-state index is 12.4. The standard InChI is InChI=1S/C16H12N2O3S3/c1-7-6-23-15-12(7)16(20)21-14(18-15)8(2)17-13(19)11-5-10-9(24-11)3-4-22-10/h3-6,8H,1-2H3,(H,17,19)/t8-/m0/s1. The van der Waals surface area contributed by atoms with Crippen LogP contribution in [0, 0.1) is 6.92 Å². The summed E-state index contributed by atoms with van der Waals surface area (Å²) in [5, 5.41) is 7.24. The molecule has 4 aromatic rings. The Bertz CT molecular complexity index is 1090. The van der Waals surface area contributed by atoms with Gasteiger partial charge in [0.25, 0.3) is 5.91 Å². The van der Waals surface area contributed by atoms with Gasteiger partial charge in [-0.3, -0.25) is 4.79 Å². The smallest absolute Gasteiger partial charge is 0.348 e. The minimum atomic E-state index is -0.489. The third-order valence-electron chi connectivity index (χ3n) is 3.65. The molecule has 0 radical (unpaired) electrons. The molecule has 1 atom stereocenters. The number of nitrogens with zero attached hydrogens (tertiary/aromatic N) is 1. The molecule has 0 saturated heterocycles. The average Bonchev–Trinajstić information content (AvgIpc) is 3.21. The summed E-state index contributed by atoms with van der Waals surface area (Å²) in [6, 6.07) is 3.39. The lowest BCUT2D eigenvalue weighted by Crippen LogP contribution is -2.27. The van der Waals surface area contributed by atoms with Crippen LogP contribution in [0.3, 0.4) is 0 Å². The van der Waals surface area contributed by atoms with E-state index < -0.39 is 11.7 Å². The molecule has 1 amide bonds. The fraction of sp³-hybridized carbons (Fsp3) is 0.188. The molecule has 0 aliphatic carbocycles. The van der Waals surface area contributed by atoms with Gasteiger partial charge in [-0.05, 0) is 42.3 Å². The molecular formula is C16H12N2O3S3. The molecule has 0 aliphatic heterocycles. The van der Waals surface area contributed by atoms with Gasteiger partial charge >= 0.3 is 5.63 Å². The Labute approximate surface area is 148 Å². The first-order chi connectivity index (χ1) is 11.5. The van der Waals surface area contributed by atoms with Crippen molar-refractivity contribution in [1.82, 2.24) is 10.3 Å². The molecule has 5 nitrogen and oxygen atoms in total. The molecule has 4 aromatic heterocycles. The van der Waals surface area contributed by atoms with Crippen LogP contribution in [0.15, 0.2) is 32.1 Å². The first-order valence-corrected chi connectivity index (χ1v) is 9.77. The van der Waals surface area contributed by atoms with Crippen molar-refractivity contribution >= 4 is 59.5 Å². The van der Waals surface area contributed by atoms with Gasteiger partial charge in [0.1, 0.15) is 10.9 Å². The van der Waals surface area contributed by atoms with Crippen LogP contribution < -0.4 is 10.9 Å². The highest BCUT2D eigenvalue weighted by Crippen LogP contribution is 2.30. The van der Waals surface area contributed by atoms with Crippen LogP contribution in [0.25, 0.3) is 19.6 Å². The normalized spacial score (nSPS) is 12.8. The zero-order valence-electron chi connectivity index (χ0n) is 12.8. The monoisotopic (exact) mass is 376 g/mol. The second-order valence-electron chi connectivity index (χ2n) is 5.39. The number of rotatable bonds is 3. The van der Waals surface area contributed by atoms with Crippen molar-refractivity contribution in [3.63, 3.8) is 0 Å². The highest BCUT2D eigenvalue weighted by atomic mass is 32.1. The van der Waals surface area contributed by atoms with E-state index >= 15 is 0 Å². The minimum Gasteiger partial charge on any atom is -0.406 e. The number of aromatic nitrogens is 1. The zero-order chi connectivity index (χ0) is 16.8. The predicted molar refractivity (Wildman–Crippen MR) is 98.5 cm³/mol. The Balaban J connectivity index is 1.61. The number of amides is 1. The molecule has 0 aliphatic rings. The quantitative estimate of drug-likeness (QED) is 0.578. The van der Waals surface area contributed by atoms with E-state index in [-0.39, 0.29) is 11.8 Å². The number of carbonyl (C=O) groups is 1. The molecule has 8 heteroatoms. The summed E-state index contributed by atoms with van der Waals surface area (Å²) in [5.41, 5.74) is 0.449. The van der Waals surface area contributed by atoms with Gasteiger partial charge in [-0.15, -0.1) is 34.0 Å². The lowest BCUT2D eigenvalue weighted by atomic mass is 10.2. The summed E-state index contributed by atoms with van der Waals surface area (Å²) in [5.74, 6) is 0.0314. The summed E-state index contributed by atoms with van der Waals surface area (Å²) in [4.78, 5) is 30.2. The third kappa shape index (κ3) is 2.56. The van der Waals surface area contributed by atoms with E-state index in [1.54, 1.807) is 18.3 Å². The number of fused-ring (bicyclic) bond motifs is 2. The van der Waals surface area contributed by atoms with Gasteiger partial charge < -0.3 is 9.73 Å². The molecule has 0 aromatic carbocycles. The predicted octanol–water partition coefficient (Wildman–Crippen LogP) is 4.33. The van der Waals surface area contributed by atoms with E-state index in [0.29, 0.717) is 15.1 Å². The van der Waals surface area contributed by atoms with Crippen molar-refractivity contribution in [2.75, 3.05) is 0 Å². The average molecular weight is 376 g/mol.